The molecule has 5 heteroatoms. The number of amides is 1. The van der Waals surface area contributed by atoms with Gasteiger partial charge < -0.3 is 15.4 Å². The first-order valence-corrected chi connectivity index (χ1v) is 7.48. The summed E-state index contributed by atoms with van der Waals surface area (Å²) in [5.41, 5.74) is 8.21. The summed E-state index contributed by atoms with van der Waals surface area (Å²) in [4.78, 5) is 16.9. The fourth-order valence-corrected chi connectivity index (χ4v) is 2.74. The van der Waals surface area contributed by atoms with Crippen LogP contribution in [-0.2, 0) is 4.74 Å². The number of carbonyl (C=O) groups excluding carboxylic acids is 1. The van der Waals surface area contributed by atoms with Gasteiger partial charge in [0.25, 0.3) is 5.91 Å². The molecule has 2 N–H and O–H groups in total. The maximum Gasteiger partial charge on any atom is 0.253 e. The molecule has 1 aromatic rings. The lowest BCUT2D eigenvalue weighted by Gasteiger charge is -2.22. The summed E-state index contributed by atoms with van der Waals surface area (Å²) in [6.45, 7) is 7.10. The lowest BCUT2D eigenvalue weighted by Crippen LogP contribution is -2.36. The highest BCUT2D eigenvalue weighted by Crippen LogP contribution is 2.15. The molecule has 0 unspecified atom stereocenters. The van der Waals surface area contributed by atoms with Crippen molar-refractivity contribution in [3.63, 3.8) is 0 Å². The van der Waals surface area contributed by atoms with Gasteiger partial charge in [-0.05, 0) is 43.7 Å². The topological polar surface area (TPSA) is 58.8 Å². The van der Waals surface area contributed by atoms with Crippen molar-refractivity contribution in [2.45, 2.75) is 13.3 Å². The van der Waals surface area contributed by atoms with Gasteiger partial charge in [-0.2, -0.15) is 0 Å². The number of carbonyl (C=O) groups is 1. The van der Waals surface area contributed by atoms with Gasteiger partial charge in [0.1, 0.15) is 0 Å². The zero-order chi connectivity index (χ0) is 15.2. The van der Waals surface area contributed by atoms with Crippen LogP contribution in [0.2, 0.25) is 0 Å². The molecule has 1 aliphatic heterocycles. The van der Waals surface area contributed by atoms with Gasteiger partial charge in [-0.15, -0.1) is 0 Å². The minimum Gasteiger partial charge on any atom is -0.399 e. The number of rotatable bonds is 4. The number of anilines is 1. The third kappa shape index (κ3) is 4.44. The molecular formula is C16H25N3O2. The van der Waals surface area contributed by atoms with E-state index < -0.39 is 0 Å². The molecule has 0 aliphatic carbocycles. The maximum absolute atomic E-state index is 12.6. The van der Waals surface area contributed by atoms with Crippen molar-refractivity contribution in [2.75, 3.05) is 52.2 Å². The second-order valence-corrected chi connectivity index (χ2v) is 5.61. The normalized spacial score (nSPS) is 16.8. The average Bonchev–Trinajstić information content (AvgIpc) is 2.68. The number of hydrogen-bond acceptors (Lipinski definition) is 4. The van der Waals surface area contributed by atoms with Crippen LogP contribution in [0.3, 0.4) is 0 Å². The van der Waals surface area contributed by atoms with Crippen molar-refractivity contribution in [1.82, 2.24) is 9.80 Å². The smallest absolute Gasteiger partial charge is 0.253 e. The van der Waals surface area contributed by atoms with E-state index in [0.29, 0.717) is 11.3 Å². The first-order chi connectivity index (χ1) is 10.1. The number of nitrogens with two attached hydrogens (primary N) is 1. The third-order valence-electron chi connectivity index (χ3n) is 3.83. The predicted molar refractivity (Wildman–Crippen MR) is 84.4 cm³/mol. The van der Waals surface area contributed by atoms with Crippen LogP contribution in [0.1, 0.15) is 22.3 Å². The summed E-state index contributed by atoms with van der Waals surface area (Å²) in [5, 5.41) is 0. The zero-order valence-corrected chi connectivity index (χ0v) is 13.0. The Morgan fingerprint density at radius 3 is 2.76 bits per heavy atom. The molecule has 1 amide bonds. The lowest BCUT2D eigenvalue weighted by atomic mass is 10.1. The van der Waals surface area contributed by atoms with Crippen molar-refractivity contribution in [1.29, 1.82) is 0 Å². The fraction of sp³-hybridized carbons (Fsp3) is 0.562. The van der Waals surface area contributed by atoms with Gasteiger partial charge in [0, 0.05) is 44.5 Å². The van der Waals surface area contributed by atoms with E-state index in [1.807, 2.05) is 24.0 Å². The molecule has 116 valence electrons. The van der Waals surface area contributed by atoms with Crippen molar-refractivity contribution in [3.8, 4) is 0 Å². The molecule has 1 aromatic carbocycles. The predicted octanol–water partition coefficient (Wildman–Crippen LogP) is 1.37. The molecule has 2 rings (SSSR count). The molecule has 0 aromatic heterocycles. The Balaban J connectivity index is 1.99. The molecule has 1 fully saturated rings. The molecule has 0 spiro atoms. The van der Waals surface area contributed by atoms with E-state index in [-0.39, 0.29) is 5.91 Å². The van der Waals surface area contributed by atoms with Crippen LogP contribution in [-0.4, -0.2) is 62.1 Å². The van der Waals surface area contributed by atoms with Gasteiger partial charge in [0.2, 0.25) is 0 Å². The average molecular weight is 291 g/mol. The number of hydrogen-bond donors (Lipinski definition) is 1. The molecule has 0 bridgehead atoms. The van der Waals surface area contributed by atoms with Gasteiger partial charge in [-0.25, -0.2) is 0 Å². The largest absolute Gasteiger partial charge is 0.399 e. The van der Waals surface area contributed by atoms with E-state index in [9.17, 15) is 4.79 Å². The standard InChI is InChI=1S/C16H25N3O2/c1-13-10-14(12-15(17)11-13)16(20)19-5-3-4-18(6-7-19)8-9-21-2/h10-12H,3-9,17H2,1-2H3. The van der Waals surface area contributed by atoms with Crippen LogP contribution in [0.25, 0.3) is 0 Å². The first-order valence-electron chi connectivity index (χ1n) is 7.48. The monoisotopic (exact) mass is 291 g/mol. The van der Waals surface area contributed by atoms with E-state index in [0.717, 1.165) is 51.3 Å². The highest BCUT2D eigenvalue weighted by Gasteiger charge is 2.20. The molecule has 1 saturated heterocycles. The summed E-state index contributed by atoms with van der Waals surface area (Å²) < 4.78 is 5.12. The van der Waals surface area contributed by atoms with Crippen LogP contribution >= 0.6 is 0 Å². The zero-order valence-electron chi connectivity index (χ0n) is 13.0. The first kappa shape index (κ1) is 15.8. The Morgan fingerprint density at radius 2 is 2.05 bits per heavy atom. The van der Waals surface area contributed by atoms with E-state index >= 15 is 0 Å². The molecule has 1 aliphatic rings. The number of ether oxygens (including phenoxy) is 1. The van der Waals surface area contributed by atoms with Crippen molar-refractivity contribution in [3.05, 3.63) is 29.3 Å². The SMILES string of the molecule is COCCN1CCCN(C(=O)c2cc(C)cc(N)c2)CC1. The molecule has 0 atom stereocenters. The van der Waals surface area contributed by atoms with Gasteiger partial charge in [-0.1, -0.05) is 0 Å². The number of nitrogens with zero attached hydrogens (tertiary/aromatic N) is 2. The van der Waals surface area contributed by atoms with Crippen molar-refractivity contribution in [2.24, 2.45) is 0 Å². The van der Waals surface area contributed by atoms with Gasteiger partial charge in [0.05, 0.1) is 6.61 Å². The summed E-state index contributed by atoms with van der Waals surface area (Å²) in [7, 11) is 1.72. The molecule has 0 saturated carbocycles. The van der Waals surface area contributed by atoms with E-state index in [1.54, 1.807) is 13.2 Å². The van der Waals surface area contributed by atoms with Gasteiger partial charge in [0.15, 0.2) is 0 Å². The van der Waals surface area contributed by atoms with E-state index in [4.69, 9.17) is 10.5 Å². The third-order valence-corrected chi connectivity index (χ3v) is 3.83. The minimum absolute atomic E-state index is 0.0824. The van der Waals surface area contributed by atoms with Crippen molar-refractivity contribution < 1.29 is 9.53 Å². The van der Waals surface area contributed by atoms with E-state index in [1.165, 1.54) is 0 Å². The molecule has 1 heterocycles. The van der Waals surface area contributed by atoms with E-state index in [2.05, 4.69) is 4.90 Å². The van der Waals surface area contributed by atoms with Crippen LogP contribution in [0, 0.1) is 6.92 Å². The second kappa shape index (κ2) is 7.43. The maximum atomic E-state index is 12.6. The highest BCUT2D eigenvalue weighted by atomic mass is 16.5. The van der Waals surface area contributed by atoms with Crippen LogP contribution < -0.4 is 5.73 Å². The highest BCUT2D eigenvalue weighted by molar-refractivity contribution is 5.95. The van der Waals surface area contributed by atoms with Crippen LogP contribution in [0.5, 0.6) is 0 Å². The summed E-state index contributed by atoms with van der Waals surface area (Å²) in [6, 6.07) is 5.56. The van der Waals surface area contributed by atoms with Crippen LogP contribution in [0.15, 0.2) is 18.2 Å². The Bertz CT molecular complexity index is 470. The summed E-state index contributed by atoms with van der Waals surface area (Å²) in [6.07, 6.45) is 0.997. The lowest BCUT2D eigenvalue weighted by molar-refractivity contribution is 0.0759. The fourth-order valence-electron chi connectivity index (χ4n) is 2.74. The molecule has 0 radical (unpaired) electrons. The van der Waals surface area contributed by atoms with Gasteiger partial charge in [-0.3, -0.25) is 9.69 Å². The molecular weight excluding hydrogens is 266 g/mol. The second-order valence-electron chi connectivity index (χ2n) is 5.61. The van der Waals surface area contributed by atoms with Crippen molar-refractivity contribution >= 4 is 11.6 Å². The quantitative estimate of drug-likeness (QED) is 0.851. The van der Waals surface area contributed by atoms with Gasteiger partial charge >= 0.3 is 0 Å². The summed E-state index contributed by atoms with van der Waals surface area (Å²) in [5.74, 6) is 0.0824. The summed E-state index contributed by atoms with van der Waals surface area (Å²) >= 11 is 0. The number of nitrogen functional groups attached to an aromatic ring is 1. The number of methoxy groups -OCH3 is 1. The number of aryl methyl sites for hydroxylation is 1. The van der Waals surface area contributed by atoms with Crippen LogP contribution in [0.4, 0.5) is 5.69 Å². The Labute approximate surface area is 126 Å². The number of benzene rings is 1. The Morgan fingerprint density at radius 1 is 1.24 bits per heavy atom. The molecule has 21 heavy (non-hydrogen) atoms. The molecule has 5 nitrogen and oxygen atoms in total. The Kier molecular flexibility index (Phi) is 5.59. The minimum atomic E-state index is 0.0824. The Hall–Kier alpha value is -1.59.